The summed E-state index contributed by atoms with van der Waals surface area (Å²) in [5.41, 5.74) is 0. The predicted molar refractivity (Wildman–Crippen MR) is 74.1 cm³/mol. The maximum Gasteiger partial charge on any atom is 0.320 e. The van der Waals surface area contributed by atoms with E-state index >= 15 is 0 Å². The second-order valence-corrected chi connectivity index (χ2v) is 5.67. The lowest BCUT2D eigenvalue weighted by Crippen LogP contribution is -2.49. The van der Waals surface area contributed by atoms with E-state index in [2.05, 4.69) is 4.90 Å². The van der Waals surface area contributed by atoms with Gasteiger partial charge in [-0.05, 0) is 39.0 Å². The van der Waals surface area contributed by atoms with Gasteiger partial charge in [0, 0.05) is 12.6 Å². The fraction of sp³-hybridized carbons (Fsp3) is 0.867. The number of esters is 2. The monoisotopic (exact) mass is 283 g/mol. The van der Waals surface area contributed by atoms with E-state index in [-0.39, 0.29) is 17.9 Å². The Labute approximate surface area is 120 Å². The zero-order valence-corrected chi connectivity index (χ0v) is 12.5. The molecule has 20 heavy (non-hydrogen) atoms. The van der Waals surface area contributed by atoms with Crippen molar-refractivity contribution in [1.82, 2.24) is 4.90 Å². The number of piperidine rings is 1. The summed E-state index contributed by atoms with van der Waals surface area (Å²) in [4.78, 5) is 25.9. The van der Waals surface area contributed by atoms with Crippen LogP contribution in [-0.4, -0.2) is 49.2 Å². The summed E-state index contributed by atoms with van der Waals surface area (Å²) in [6.07, 6.45) is 4.07. The molecule has 5 heteroatoms. The Morgan fingerprint density at radius 1 is 1.15 bits per heavy atom. The highest BCUT2D eigenvalue weighted by atomic mass is 16.5. The molecule has 2 aliphatic heterocycles. The van der Waals surface area contributed by atoms with Crippen molar-refractivity contribution in [2.24, 2.45) is 11.8 Å². The van der Waals surface area contributed by atoms with E-state index in [4.69, 9.17) is 9.47 Å². The Kier molecular flexibility index (Phi) is 5.40. The number of carbonyl (C=O) groups excluding carboxylic acids is 2. The standard InChI is InChI=1S/C15H25NO4/c1-3-19-14(17)10-16-9-11-6-5-7-12(16)8-13(11)15(18)20-4-2/h11-13H,3-10H2,1-2H3/t11-,12-,13?/m0/s1. The first-order chi connectivity index (χ1) is 9.65. The molecule has 1 saturated carbocycles. The first-order valence-corrected chi connectivity index (χ1v) is 7.72. The van der Waals surface area contributed by atoms with Gasteiger partial charge in [-0.3, -0.25) is 14.5 Å². The summed E-state index contributed by atoms with van der Waals surface area (Å²) in [5, 5.41) is 0. The number of rotatable bonds is 5. The fourth-order valence-corrected chi connectivity index (χ4v) is 3.52. The van der Waals surface area contributed by atoms with Crippen LogP contribution in [0, 0.1) is 11.8 Å². The zero-order chi connectivity index (χ0) is 14.5. The highest BCUT2D eigenvalue weighted by molar-refractivity contribution is 5.74. The molecule has 3 aliphatic rings. The van der Waals surface area contributed by atoms with Gasteiger partial charge in [0.1, 0.15) is 0 Å². The van der Waals surface area contributed by atoms with Gasteiger partial charge in [0.05, 0.1) is 25.7 Å². The van der Waals surface area contributed by atoms with Gasteiger partial charge < -0.3 is 9.47 Å². The Hall–Kier alpha value is -1.10. The molecule has 2 bridgehead atoms. The summed E-state index contributed by atoms with van der Waals surface area (Å²) in [6.45, 7) is 5.70. The maximum absolute atomic E-state index is 12.0. The molecule has 0 aromatic rings. The highest BCUT2D eigenvalue weighted by Crippen LogP contribution is 2.38. The number of hydrogen-bond acceptors (Lipinski definition) is 5. The smallest absolute Gasteiger partial charge is 0.320 e. The summed E-state index contributed by atoms with van der Waals surface area (Å²) in [5.74, 6) is 0.121. The number of hydrogen-bond donors (Lipinski definition) is 0. The van der Waals surface area contributed by atoms with Crippen LogP contribution in [0.2, 0.25) is 0 Å². The molecule has 2 heterocycles. The number of fused-ring (bicyclic) bond motifs is 4. The predicted octanol–water partition coefficient (Wildman–Crippen LogP) is 1.60. The molecule has 0 spiro atoms. The first-order valence-electron chi connectivity index (χ1n) is 7.72. The molecule has 0 radical (unpaired) electrons. The third-order valence-corrected chi connectivity index (χ3v) is 4.42. The van der Waals surface area contributed by atoms with Gasteiger partial charge >= 0.3 is 11.9 Å². The van der Waals surface area contributed by atoms with E-state index in [1.165, 1.54) is 0 Å². The lowest BCUT2D eigenvalue weighted by atomic mass is 9.83. The number of nitrogens with zero attached hydrogens (tertiary/aromatic N) is 1. The van der Waals surface area contributed by atoms with Crippen molar-refractivity contribution >= 4 is 11.9 Å². The van der Waals surface area contributed by atoms with Crippen molar-refractivity contribution in [1.29, 1.82) is 0 Å². The van der Waals surface area contributed by atoms with Gasteiger partial charge in [0.15, 0.2) is 0 Å². The molecule has 5 nitrogen and oxygen atoms in total. The SMILES string of the molecule is CCOC(=O)CN1C[C@@H]2CCC[C@H]1CC2C(=O)OCC. The van der Waals surface area contributed by atoms with Gasteiger partial charge in [-0.25, -0.2) is 0 Å². The van der Waals surface area contributed by atoms with E-state index < -0.39 is 0 Å². The zero-order valence-electron chi connectivity index (χ0n) is 12.5. The quantitative estimate of drug-likeness (QED) is 0.717. The third kappa shape index (κ3) is 3.51. The summed E-state index contributed by atoms with van der Waals surface area (Å²) in [7, 11) is 0. The lowest BCUT2D eigenvalue weighted by molar-refractivity contribution is -0.154. The fourth-order valence-electron chi connectivity index (χ4n) is 3.52. The average Bonchev–Trinajstić information content (AvgIpc) is 2.72. The molecule has 2 saturated heterocycles. The average molecular weight is 283 g/mol. The molecule has 114 valence electrons. The van der Waals surface area contributed by atoms with E-state index in [0.717, 1.165) is 32.2 Å². The van der Waals surface area contributed by atoms with Gasteiger partial charge in [0.2, 0.25) is 0 Å². The Balaban J connectivity index is 1.98. The van der Waals surface area contributed by atoms with Crippen LogP contribution in [0.25, 0.3) is 0 Å². The minimum atomic E-state index is -0.160. The van der Waals surface area contributed by atoms with E-state index in [1.54, 1.807) is 0 Å². The molecule has 0 aromatic carbocycles. The molecule has 1 unspecified atom stereocenters. The van der Waals surface area contributed by atoms with Crippen molar-refractivity contribution in [2.45, 2.75) is 45.6 Å². The van der Waals surface area contributed by atoms with Crippen LogP contribution in [0.4, 0.5) is 0 Å². The van der Waals surface area contributed by atoms with E-state index in [0.29, 0.717) is 31.7 Å². The third-order valence-electron chi connectivity index (χ3n) is 4.42. The molecular weight excluding hydrogens is 258 g/mol. The number of ether oxygens (including phenoxy) is 2. The van der Waals surface area contributed by atoms with Crippen molar-refractivity contribution in [3.05, 3.63) is 0 Å². The number of carbonyl (C=O) groups is 2. The van der Waals surface area contributed by atoms with Gasteiger partial charge in [-0.15, -0.1) is 0 Å². The van der Waals surface area contributed by atoms with Crippen molar-refractivity contribution in [2.75, 3.05) is 26.3 Å². The van der Waals surface area contributed by atoms with Gasteiger partial charge in [0.25, 0.3) is 0 Å². The normalized spacial score (nSPS) is 29.8. The molecule has 0 aromatic heterocycles. The Bertz CT molecular complexity index is 358. The molecule has 0 amide bonds. The van der Waals surface area contributed by atoms with Crippen LogP contribution in [0.3, 0.4) is 0 Å². The summed E-state index contributed by atoms with van der Waals surface area (Å²) < 4.78 is 10.2. The maximum atomic E-state index is 12.0. The lowest BCUT2D eigenvalue weighted by Gasteiger charge is -2.39. The van der Waals surface area contributed by atoms with Crippen molar-refractivity contribution in [3.63, 3.8) is 0 Å². The Morgan fingerprint density at radius 2 is 1.90 bits per heavy atom. The summed E-state index contributed by atoms with van der Waals surface area (Å²) in [6, 6.07) is 0.313. The van der Waals surface area contributed by atoms with Crippen LogP contribution in [-0.2, 0) is 19.1 Å². The van der Waals surface area contributed by atoms with Gasteiger partial charge in [-0.2, -0.15) is 0 Å². The van der Waals surface area contributed by atoms with Crippen LogP contribution in [0.15, 0.2) is 0 Å². The van der Waals surface area contributed by atoms with Crippen LogP contribution in [0.5, 0.6) is 0 Å². The minimum absolute atomic E-state index is 0.0147. The molecule has 3 fully saturated rings. The van der Waals surface area contributed by atoms with Crippen molar-refractivity contribution in [3.8, 4) is 0 Å². The largest absolute Gasteiger partial charge is 0.466 e. The molecular formula is C15H25NO4. The second kappa shape index (κ2) is 7.07. The highest BCUT2D eigenvalue weighted by Gasteiger charge is 2.42. The minimum Gasteiger partial charge on any atom is -0.466 e. The molecule has 1 aliphatic carbocycles. The van der Waals surface area contributed by atoms with E-state index in [1.807, 2.05) is 13.8 Å². The van der Waals surface area contributed by atoms with Gasteiger partial charge in [-0.1, -0.05) is 6.42 Å². The van der Waals surface area contributed by atoms with E-state index in [9.17, 15) is 9.59 Å². The Morgan fingerprint density at radius 3 is 2.60 bits per heavy atom. The van der Waals surface area contributed by atoms with Crippen LogP contribution < -0.4 is 0 Å². The second-order valence-electron chi connectivity index (χ2n) is 5.67. The molecule has 0 N–H and O–H groups in total. The van der Waals surface area contributed by atoms with Crippen LogP contribution >= 0.6 is 0 Å². The van der Waals surface area contributed by atoms with Crippen LogP contribution in [0.1, 0.15) is 39.5 Å². The first kappa shape index (κ1) is 15.3. The molecule has 3 rings (SSSR count). The van der Waals surface area contributed by atoms with Crippen molar-refractivity contribution < 1.29 is 19.1 Å². The topological polar surface area (TPSA) is 55.8 Å². The summed E-state index contributed by atoms with van der Waals surface area (Å²) >= 11 is 0. The molecule has 3 atom stereocenters.